The molecule has 2 heterocycles. The number of carbonyl (C=O) groups is 1. The van der Waals surface area contributed by atoms with Gasteiger partial charge in [-0.15, -0.1) is 0 Å². The molecule has 0 radical (unpaired) electrons. The van der Waals surface area contributed by atoms with Crippen LogP contribution in [-0.2, 0) is 6.42 Å². The van der Waals surface area contributed by atoms with Crippen LogP contribution in [-0.4, -0.2) is 26.1 Å². The van der Waals surface area contributed by atoms with Crippen molar-refractivity contribution in [1.29, 1.82) is 0 Å². The Morgan fingerprint density at radius 3 is 2.90 bits per heavy atom. The van der Waals surface area contributed by atoms with Gasteiger partial charge >= 0.3 is 0 Å². The van der Waals surface area contributed by atoms with Crippen molar-refractivity contribution in [2.75, 3.05) is 5.43 Å². The topological polar surface area (TPSA) is 122 Å². The normalized spacial score (nSPS) is 12.0. The Kier molecular flexibility index (Phi) is 4.83. The molecule has 8 heteroatoms. The van der Waals surface area contributed by atoms with E-state index >= 15 is 0 Å². The van der Waals surface area contributed by atoms with Gasteiger partial charge in [0.1, 0.15) is 18.0 Å². The van der Waals surface area contributed by atoms with Gasteiger partial charge in [0, 0.05) is 11.3 Å². The quantitative estimate of drug-likeness (QED) is 0.463. The van der Waals surface area contributed by atoms with E-state index in [2.05, 4.69) is 37.8 Å². The van der Waals surface area contributed by atoms with E-state index in [4.69, 9.17) is 5.84 Å². The summed E-state index contributed by atoms with van der Waals surface area (Å²) in [7, 11) is 0. The Balaban J connectivity index is 2.16. The number of rotatable bonds is 6. The zero-order valence-electron chi connectivity index (χ0n) is 12.1. The maximum atomic E-state index is 12.3. The van der Waals surface area contributed by atoms with Gasteiger partial charge in [0.25, 0.3) is 5.91 Å². The van der Waals surface area contributed by atoms with Crippen LogP contribution in [0.1, 0.15) is 48.2 Å². The van der Waals surface area contributed by atoms with Crippen LogP contribution in [0, 0.1) is 0 Å². The third kappa shape index (κ3) is 3.76. The lowest BCUT2D eigenvalue weighted by atomic mass is 10.1. The lowest BCUT2D eigenvalue weighted by Crippen LogP contribution is -2.28. The Hall–Kier alpha value is -2.48. The number of aryl methyl sites for hydroxylation is 1. The number of hydrazine groups is 1. The zero-order chi connectivity index (χ0) is 15.2. The first-order chi connectivity index (χ1) is 10.1. The number of aromatic nitrogens is 4. The molecule has 0 aromatic carbocycles. The van der Waals surface area contributed by atoms with Gasteiger partial charge in [0.05, 0.1) is 6.04 Å². The highest BCUT2D eigenvalue weighted by molar-refractivity contribution is 5.95. The molecule has 1 unspecified atom stereocenters. The summed E-state index contributed by atoms with van der Waals surface area (Å²) in [6.45, 7) is 3.88. The maximum absolute atomic E-state index is 12.3. The van der Waals surface area contributed by atoms with Crippen LogP contribution in [0.25, 0.3) is 0 Å². The average Bonchev–Trinajstić information content (AvgIpc) is 3.01. The molecular weight excluding hydrogens is 270 g/mol. The van der Waals surface area contributed by atoms with Crippen molar-refractivity contribution in [3.8, 4) is 0 Å². The molecule has 0 saturated heterocycles. The first kappa shape index (κ1) is 14.9. The summed E-state index contributed by atoms with van der Waals surface area (Å²) in [6.07, 6.45) is 3.13. The van der Waals surface area contributed by atoms with E-state index in [-0.39, 0.29) is 11.9 Å². The molecule has 0 aliphatic carbocycles. The minimum atomic E-state index is -0.267. The summed E-state index contributed by atoms with van der Waals surface area (Å²) in [5, 5.41) is 9.34. The minimum Gasteiger partial charge on any atom is -0.342 e. The van der Waals surface area contributed by atoms with E-state index in [1.807, 2.05) is 6.92 Å². The summed E-state index contributed by atoms with van der Waals surface area (Å²) >= 11 is 0. The van der Waals surface area contributed by atoms with Gasteiger partial charge in [-0.25, -0.2) is 15.8 Å². The van der Waals surface area contributed by atoms with Crippen LogP contribution in [0.2, 0.25) is 0 Å². The molecule has 0 aliphatic rings. The number of aromatic amines is 1. The summed E-state index contributed by atoms with van der Waals surface area (Å²) in [4.78, 5) is 20.6. The molecule has 1 atom stereocenters. The number of nitrogens with two attached hydrogens (primary N) is 1. The van der Waals surface area contributed by atoms with Crippen LogP contribution in [0.4, 0.5) is 5.82 Å². The van der Waals surface area contributed by atoms with Crippen LogP contribution in [0.15, 0.2) is 18.5 Å². The molecule has 0 saturated carbocycles. The molecule has 2 rings (SSSR count). The van der Waals surface area contributed by atoms with E-state index < -0.39 is 0 Å². The Morgan fingerprint density at radius 2 is 2.29 bits per heavy atom. The molecule has 1 amide bonds. The predicted molar refractivity (Wildman–Crippen MR) is 78.3 cm³/mol. The lowest BCUT2D eigenvalue weighted by molar-refractivity contribution is 0.0938. The number of amides is 1. The number of H-pyrrole nitrogens is 1. The van der Waals surface area contributed by atoms with Gasteiger partial charge in [-0.1, -0.05) is 13.3 Å². The lowest BCUT2D eigenvalue weighted by Gasteiger charge is -2.12. The van der Waals surface area contributed by atoms with E-state index in [0.717, 1.165) is 18.5 Å². The molecule has 0 bridgehead atoms. The molecule has 2 aromatic heterocycles. The zero-order valence-corrected chi connectivity index (χ0v) is 12.1. The van der Waals surface area contributed by atoms with Crippen molar-refractivity contribution in [1.82, 2.24) is 25.5 Å². The van der Waals surface area contributed by atoms with Crippen LogP contribution < -0.4 is 16.6 Å². The molecule has 2 aromatic rings. The highest BCUT2D eigenvalue weighted by Crippen LogP contribution is 2.13. The number of anilines is 1. The maximum Gasteiger partial charge on any atom is 0.252 e. The fourth-order valence-electron chi connectivity index (χ4n) is 1.95. The second-order valence-corrected chi connectivity index (χ2v) is 4.69. The average molecular weight is 289 g/mol. The van der Waals surface area contributed by atoms with Crippen molar-refractivity contribution in [3.05, 3.63) is 35.5 Å². The van der Waals surface area contributed by atoms with Crippen molar-refractivity contribution < 1.29 is 4.79 Å². The Labute approximate surface area is 122 Å². The van der Waals surface area contributed by atoms with Crippen LogP contribution in [0.3, 0.4) is 0 Å². The highest BCUT2D eigenvalue weighted by atomic mass is 16.1. The third-order valence-corrected chi connectivity index (χ3v) is 2.99. The van der Waals surface area contributed by atoms with E-state index in [0.29, 0.717) is 17.2 Å². The largest absolute Gasteiger partial charge is 0.342 e. The second kappa shape index (κ2) is 6.80. The standard InChI is InChI=1S/C13H19N7O/c1-3-4-10-5-9(6-11(18-10)19-14)13(21)17-8(2)12-15-7-16-20-12/h5-8H,3-4,14H2,1-2H3,(H,17,21)(H,18,19)(H,15,16,20). The first-order valence-corrected chi connectivity index (χ1v) is 6.77. The number of hydrogen-bond donors (Lipinski definition) is 4. The summed E-state index contributed by atoms with van der Waals surface area (Å²) in [6, 6.07) is 3.12. The van der Waals surface area contributed by atoms with Crippen molar-refractivity contribution in [2.45, 2.75) is 32.7 Å². The molecule has 0 spiro atoms. The second-order valence-electron chi connectivity index (χ2n) is 4.69. The van der Waals surface area contributed by atoms with Gasteiger partial charge < -0.3 is 10.7 Å². The number of nitrogens with one attached hydrogen (secondary N) is 3. The van der Waals surface area contributed by atoms with E-state index in [9.17, 15) is 4.79 Å². The van der Waals surface area contributed by atoms with Gasteiger partial charge in [0.2, 0.25) is 0 Å². The first-order valence-electron chi connectivity index (χ1n) is 6.77. The molecular formula is C13H19N7O. The van der Waals surface area contributed by atoms with Crippen LogP contribution >= 0.6 is 0 Å². The number of hydrogen-bond acceptors (Lipinski definition) is 6. The van der Waals surface area contributed by atoms with Gasteiger partial charge in [-0.2, -0.15) is 5.10 Å². The molecule has 112 valence electrons. The SMILES string of the molecule is CCCc1cc(C(=O)NC(C)c2ncn[nH]2)cc(NN)n1. The van der Waals surface area contributed by atoms with Crippen molar-refractivity contribution in [2.24, 2.45) is 5.84 Å². The van der Waals surface area contributed by atoms with Crippen molar-refractivity contribution >= 4 is 11.7 Å². The summed E-state index contributed by atoms with van der Waals surface area (Å²) < 4.78 is 0. The number of nitrogen functional groups attached to an aromatic ring is 1. The third-order valence-electron chi connectivity index (χ3n) is 2.99. The Morgan fingerprint density at radius 1 is 1.48 bits per heavy atom. The number of carbonyl (C=O) groups excluding carboxylic acids is 1. The van der Waals surface area contributed by atoms with Crippen LogP contribution in [0.5, 0.6) is 0 Å². The number of pyridine rings is 1. The number of nitrogens with zero attached hydrogens (tertiary/aromatic N) is 3. The van der Waals surface area contributed by atoms with Gasteiger partial charge in [-0.3, -0.25) is 9.89 Å². The fraction of sp³-hybridized carbons (Fsp3) is 0.385. The Bertz CT molecular complexity index is 597. The molecule has 0 aliphatic heterocycles. The van der Waals surface area contributed by atoms with E-state index in [1.54, 1.807) is 12.1 Å². The molecule has 0 fully saturated rings. The predicted octanol–water partition coefficient (Wildman–Crippen LogP) is 0.929. The highest BCUT2D eigenvalue weighted by Gasteiger charge is 2.15. The van der Waals surface area contributed by atoms with Gasteiger partial charge in [0.15, 0.2) is 0 Å². The minimum absolute atomic E-state index is 0.213. The fourth-order valence-corrected chi connectivity index (χ4v) is 1.95. The van der Waals surface area contributed by atoms with E-state index in [1.165, 1.54) is 6.33 Å². The monoisotopic (exact) mass is 289 g/mol. The summed E-state index contributed by atoms with van der Waals surface area (Å²) in [5.74, 6) is 6.25. The van der Waals surface area contributed by atoms with Gasteiger partial charge in [-0.05, 0) is 25.5 Å². The van der Waals surface area contributed by atoms with Crippen molar-refractivity contribution in [3.63, 3.8) is 0 Å². The molecule has 21 heavy (non-hydrogen) atoms. The molecule has 5 N–H and O–H groups in total. The summed E-state index contributed by atoms with van der Waals surface area (Å²) in [5.41, 5.74) is 3.81. The smallest absolute Gasteiger partial charge is 0.252 e. The molecule has 8 nitrogen and oxygen atoms in total.